The highest BCUT2D eigenvalue weighted by atomic mass is 19.1. The number of rotatable bonds is 10. The van der Waals surface area contributed by atoms with Crippen LogP contribution in [0.4, 0.5) is 4.39 Å². The van der Waals surface area contributed by atoms with Gasteiger partial charge in [-0.3, -0.25) is 9.59 Å². The minimum absolute atomic E-state index is 0.00786. The number of hydrogen-bond donors (Lipinski definition) is 1. The monoisotopic (exact) mass is 442 g/mol. The highest BCUT2D eigenvalue weighted by Gasteiger charge is 2.29. The fraction of sp³-hybridized carbons (Fsp3) is 0.462. The van der Waals surface area contributed by atoms with Gasteiger partial charge < -0.3 is 15.0 Å². The molecule has 0 fully saturated rings. The lowest BCUT2D eigenvalue weighted by molar-refractivity contribution is -0.143. The first-order valence-corrected chi connectivity index (χ1v) is 11.2. The molecule has 5 nitrogen and oxygen atoms in total. The Balaban J connectivity index is 2.26. The molecule has 2 atom stereocenters. The molecular formula is C26H35FN2O3. The summed E-state index contributed by atoms with van der Waals surface area (Å²) < 4.78 is 19.3. The number of nitrogens with one attached hydrogen (secondary N) is 1. The van der Waals surface area contributed by atoms with Crippen LogP contribution in [0.2, 0.25) is 0 Å². The highest BCUT2D eigenvalue weighted by molar-refractivity contribution is 5.88. The van der Waals surface area contributed by atoms with E-state index in [2.05, 4.69) is 11.4 Å². The van der Waals surface area contributed by atoms with Gasteiger partial charge in [0.05, 0.1) is 0 Å². The van der Waals surface area contributed by atoms with Crippen LogP contribution in [0, 0.1) is 26.6 Å². The van der Waals surface area contributed by atoms with Crippen molar-refractivity contribution in [2.24, 2.45) is 0 Å². The molecule has 0 aliphatic carbocycles. The van der Waals surface area contributed by atoms with E-state index in [1.165, 1.54) is 17.0 Å². The topological polar surface area (TPSA) is 58.6 Å². The average Bonchev–Trinajstić information content (AvgIpc) is 2.76. The Bertz CT molecular complexity index is 927. The lowest BCUT2D eigenvalue weighted by atomic mass is 10.1. The molecule has 1 N–H and O–H groups in total. The highest BCUT2D eigenvalue weighted by Crippen LogP contribution is 2.23. The zero-order valence-electron chi connectivity index (χ0n) is 20.0. The molecule has 2 amide bonds. The van der Waals surface area contributed by atoms with Gasteiger partial charge in [-0.2, -0.15) is 0 Å². The number of amides is 2. The van der Waals surface area contributed by atoms with Gasteiger partial charge in [0.2, 0.25) is 5.91 Å². The van der Waals surface area contributed by atoms with Crippen molar-refractivity contribution in [2.45, 2.75) is 73.0 Å². The van der Waals surface area contributed by atoms with Gasteiger partial charge in [-0.15, -0.1) is 0 Å². The van der Waals surface area contributed by atoms with Gasteiger partial charge >= 0.3 is 0 Å². The maximum Gasteiger partial charge on any atom is 0.261 e. The van der Waals surface area contributed by atoms with E-state index >= 15 is 0 Å². The quantitative estimate of drug-likeness (QED) is 0.572. The predicted molar refractivity (Wildman–Crippen MR) is 125 cm³/mol. The van der Waals surface area contributed by atoms with Crippen LogP contribution in [0.25, 0.3) is 0 Å². The van der Waals surface area contributed by atoms with Gasteiger partial charge in [0.1, 0.15) is 17.6 Å². The van der Waals surface area contributed by atoms with Gasteiger partial charge in [-0.1, -0.05) is 32.0 Å². The minimum Gasteiger partial charge on any atom is -0.483 e. The van der Waals surface area contributed by atoms with E-state index in [1.54, 1.807) is 12.1 Å². The number of ether oxygens (including phenoxy) is 1. The van der Waals surface area contributed by atoms with E-state index < -0.39 is 6.04 Å². The zero-order chi connectivity index (χ0) is 23.8. The van der Waals surface area contributed by atoms with Crippen LogP contribution in [-0.2, 0) is 16.1 Å². The SMILES string of the molecule is CCC(C)NC(=O)C(CC)N(Cc1ccc(F)cc1)C(=O)COc1cc(C)cc(C)c1C. The molecule has 0 aromatic heterocycles. The molecule has 0 saturated carbocycles. The Kier molecular flexibility index (Phi) is 9.24. The van der Waals surface area contributed by atoms with Gasteiger partial charge in [-0.25, -0.2) is 4.39 Å². The normalized spacial score (nSPS) is 12.7. The molecule has 2 aromatic carbocycles. The van der Waals surface area contributed by atoms with Crippen LogP contribution >= 0.6 is 0 Å². The summed E-state index contributed by atoms with van der Waals surface area (Å²) in [5.74, 6) is -0.171. The third kappa shape index (κ3) is 6.81. The number of halogens is 1. The smallest absolute Gasteiger partial charge is 0.261 e. The number of carbonyl (C=O) groups is 2. The van der Waals surface area contributed by atoms with Crippen LogP contribution in [0.15, 0.2) is 36.4 Å². The van der Waals surface area contributed by atoms with Gasteiger partial charge in [-0.05, 0) is 81.0 Å². The van der Waals surface area contributed by atoms with Crippen molar-refractivity contribution in [1.29, 1.82) is 0 Å². The molecule has 0 radical (unpaired) electrons. The van der Waals surface area contributed by atoms with Crippen LogP contribution < -0.4 is 10.1 Å². The molecule has 2 unspecified atom stereocenters. The van der Waals surface area contributed by atoms with E-state index in [0.29, 0.717) is 12.2 Å². The summed E-state index contributed by atoms with van der Waals surface area (Å²) in [5, 5.41) is 2.98. The Labute approximate surface area is 191 Å². The summed E-state index contributed by atoms with van der Waals surface area (Å²) in [4.78, 5) is 27.8. The molecule has 0 bridgehead atoms. The van der Waals surface area contributed by atoms with Crippen molar-refractivity contribution >= 4 is 11.8 Å². The summed E-state index contributed by atoms with van der Waals surface area (Å²) in [6.45, 7) is 11.8. The molecule has 0 aliphatic heterocycles. The summed E-state index contributed by atoms with van der Waals surface area (Å²) in [7, 11) is 0. The first-order valence-electron chi connectivity index (χ1n) is 11.2. The van der Waals surface area contributed by atoms with E-state index in [4.69, 9.17) is 4.74 Å². The average molecular weight is 443 g/mol. The Hall–Kier alpha value is -2.89. The third-order valence-corrected chi connectivity index (χ3v) is 5.77. The first-order chi connectivity index (χ1) is 15.2. The van der Waals surface area contributed by atoms with E-state index in [1.807, 2.05) is 47.6 Å². The molecule has 6 heteroatoms. The van der Waals surface area contributed by atoms with Gasteiger partial charge in [0.15, 0.2) is 6.61 Å². The number of hydrogen-bond acceptors (Lipinski definition) is 3. The summed E-state index contributed by atoms with van der Waals surface area (Å²) in [6.07, 6.45) is 1.25. The largest absolute Gasteiger partial charge is 0.483 e. The summed E-state index contributed by atoms with van der Waals surface area (Å²) in [5.41, 5.74) is 3.88. The molecule has 2 aromatic rings. The van der Waals surface area contributed by atoms with Gasteiger partial charge in [0, 0.05) is 12.6 Å². The lowest BCUT2D eigenvalue weighted by Gasteiger charge is -2.31. The van der Waals surface area contributed by atoms with Crippen LogP contribution in [0.3, 0.4) is 0 Å². The number of benzene rings is 2. The molecule has 174 valence electrons. The first kappa shape index (κ1) is 25.4. The maximum atomic E-state index is 13.4. The van der Waals surface area contributed by atoms with Crippen molar-refractivity contribution in [3.05, 3.63) is 64.5 Å². The molecule has 32 heavy (non-hydrogen) atoms. The Morgan fingerprint density at radius 1 is 1.06 bits per heavy atom. The van der Waals surface area contributed by atoms with Gasteiger partial charge in [0.25, 0.3) is 5.91 Å². The summed E-state index contributed by atoms with van der Waals surface area (Å²) >= 11 is 0. The summed E-state index contributed by atoms with van der Waals surface area (Å²) in [6, 6.07) is 9.30. The lowest BCUT2D eigenvalue weighted by Crippen LogP contribution is -2.51. The second-order valence-electron chi connectivity index (χ2n) is 8.38. The minimum atomic E-state index is -0.648. The van der Waals surface area contributed by atoms with Crippen molar-refractivity contribution in [3.63, 3.8) is 0 Å². The fourth-order valence-electron chi connectivity index (χ4n) is 3.52. The Morgan fingerprint density at radius 2 is 1.72 bits per heavy atom. The van der Waals surface area contributed by atoms with Crippen LogP contribution in [-0.4, -0.2) is 35.4 Å². The van der Waals surface area contributed by atoms with E-state index in [0.717, 1.165) is 28.7 Å². The van der Waals surface area contributed by atoms with Crippen molar-refractivity contribution < 1.29 is 18.7 Å². The molecule has 0 heterocycles. The Morgan fingerprint density at radius 3 is 2.31 bits per heavy atom. The molecule has 0 spiro atoms. The molecular weight excluding hydrogens is 407 g/mol. The molecule has 0 aliphatic rings. The van der Waals surface area contributed by atoms with Crippen molar-refractivity contribution in [3.8, 4) is 5.75 Å². The number of nitrogens with zero attached hydrogens (tertiary/aromatic N) is 1. The number of aryl methyl sites for hydroxylation is 2. The standard InChI is InChI=1S/C26H35FN2O3/c1-7-19(5)28-26(31)23(8-2)29(15-21-9-11-22(27)12-10-21)25(30)16-32-24-14-17(3)13-18(4)20(24)6/h9-14,19,23H,7-8,15-16H2,1-6H3,(H,28,31). The van der Waals surface area contributed by atoms with Crippen LogP contribution in [0.1, 0.15) is 55.9 Å². The second kappa shape index (κ2) is 11.7. The molecule has 2 rings (SSSR count). The zero-order valence-corrected chi connectivity index (χ0v) is 20.0. The van der Waals surface area contributed by atoms with E-state index in [-0.39, 0.29) is 36.8 Å². The van der Waals surface area contributed by atoms with Crippen LogP contribution in [0.5, 0.6) is 5.75 Å². The predicted octanol–water partition coefficient (Wildman–Crippen LogP) is 4.85. The maximum absolute atomic E-state index is 13.4. The second-order valence-corrected chi connectivity index (χ2v) is 8.38. The fourth-order valence-corrected chi connectivity index (χ4v) is 3.52. The molecule has 0 saturated heterocycles. The van der Waals surface area contributed by atoms with Crippen molar-refractivity contribution in [2.75, 3.05) is 6.61 Å². The van der Waals surface area contributed by atoms with E-state index in [9.17, 15) is 14.0 Å². The third-order valence-electron chi connectivity index (χ3n) is 5.77. The van der Waals surface area contributed by atoms with Crippen molar-refractivity contribution in [1.82, 2.24) is 10.2 Å². The number of carbonyl (C=O) groups excluding carboxylic acids is 2.